The van der Waals surface area contributed by atoms with Crippen molar-refractivity contribution >= 4 is 12.0 Å². The Morgan fingerprint density at radius 2 is 2.00 bits per heavy atom. The molecular weight excluding hydrogens is 256 g/mol. The number of carbonyl (C=O) groups excluding carboxylic acids is 1. The molecule has 0 saturated carbocycles. The highest BCUT2D eigenvalue weighted by Crippen LogP contribution is 2.28. The summed E-state index contributed by atoms with van der Waals surface area (Å²) in [5, 5.41) is 11.8. The van der Waals surface area contributed by atoms with Gasteiger partial charge in [0, 0.05) is 25.0 Å². The molecule has 1 saturated heterocycles. The maximum absolute atomic E-state index is 12.2. The lowest BCUT2D eigenvalue weighted by Crippen LogP contribution is -2.49. The van der Waals surface area contributed by atoms with Crippen molar-refractivity contribution in [3.8, 4) is 0 Å². The second-order valence-electron chi connectivity index (χ2n) is 6.85. The van der Waals surface area contributed by atoms with Gasteiger partial charge in [-0.2, -0.15) is 0 Å². The van der Waals surface area contributed by atoms with Gasteiger partial charge in [0.25, 0.3) is 0 Å². The third-order valence-corrected chi connectivity index (χ3v) is 3.96. The molecule has 0 aromatic heterocycles. The highest BCUT2D eigenvalue weighted by atomic mass is 16.4. The Balaban J connectivity index is 2.49. The Morgan fingerprint density at radius 1 is 1.35 bits per heavy atom. The van der Waals surface area contributed by atoms with E-state index in [1.165, 1.54) is 0 Å². The maximum Gasteiger partial charge on any atom is 0.317 e. The summed E-state index contributed by atoms with van der Waals surface area (Å²) in [5.41, 5.74) is -0.0928. The van der Waals surface area contributed by atoms with Crippen molar-refractivity contribution in [3.05, 3.63) is 0 Å². The van der Waals surface area contributed by atoms with E-state index < -0.39 is 5.97 Å². The number of aliphatic carboxylic acids is 1. The molecule has 5 heteroatoms. The monoisotopic (exact) mass is 284 g/mol. The number of urea groups is 1. The summed E-state index contributed by atoms with van der Waals surface area (Å²) in [6.07, 6.45) is 2.98. The Labute approximate surface area is 121 Å². The maximum atomic E-state index is 12.2. The molecule has 20 heavy (non-hydrogen) atoms. The number of likely N-dealkylation sites (tertiary alicyclic amines) is 1. The highest BCUT2D eigenvalue weighted by molar-refractivity contribution is 5.75. The van der Waals surface area contributed by atoms with Crippen molar-refractivity contribution in [1.82, 2.24) is 10.2 Å². The van der Waals surface area contributed by atoms with Crippen molar-refractivity contribution < 1.29 is 14.7 Å². The zero-order valence-electron chi connectivity index (χ0n) is 13.1. The molecule has 0 radical (unpaired) electrons. The van der Waals surface area contributed by atoms with Crippen LogP contribution in [0.15, 0.2) is 0 Å². The first kappa shape index (κ1) is 16.8. The van der Waals surface area contributed by atoms with Crippen LogP contribution in [0.1, 0.15) is 53.4 Å². The van der Waals surface area contributed by atoms with Gasteiger partial charge in [0.1, 0.15) is 0 Å². The third kappa shape index (κ3) is 5.02. The van der Waals surface area contributed by atoms with E-state index in [1.54, 1.807) is 0 Å². The van der Waals surface area contributed by atoms with Gasteiger partial charge < -0.3 is 15.3 Å². The predicted molar refractivity (Wildman–Crippen MR) is 78.6 cm³/mol. The standard InChI is InChI=1S/C15H28N2O3/c1-11(2)8-12(9-13(18)19)10-16-14(20)17-7-5-6-15(17,3)4/h11-12H,5-10H2,1-4H3,(H,16,20)(H,18,19). The lowest BCUT2D eigenvalue weighted by molar-refractivity contribution is -0.138. The minimum Gasteiger partial charge on any atom is -0.481 e. The first-order chi connectivity index (χ1) is 9.22. The van der Waals surface area contributed by atoms with Crippen LogP contribution in [0.3, 0.4) is 0 Å². The molecule has 0 aromatic rings. The van der Waals surface area contributed by atoms with Crippen LogP contribution in [0.2, 0.25) is 0 Å². The zero-order chi connectivity index (χ0) is 15.3. The highest BCUT2D eigenvalue weighted by Gasteiger charge is 2.35. The van der Waals surface area contributed by atoms with Crippen LogP contribution in [0.4, 0.5) is 4.79 Å². The number of rotatable bonds is 6. The number of carboxylic acids is 1. The summed E-state index contributed by atoms with van der Waals surface area (Å²) in [7, 11) is 0. The summed E-state index contributed by atoms with van der Waals surface area (Å²) in [6, 6.07) is -0.0633. The Kier molecular flexibility index (Phi) is 5.84. The fourth-order valence-electron chi connectivity index (χ4n) is 2.96. The molecule has 1 unspecified atom stereocenters. The largest absolute Gasteiger partial charge is 0.481 e. The molecule has 0 bridgehead atoms. The molecule has 1 aliphatic heterocycles. The summed E-state index contributed by atoms with van der Waals surface area (Å²) in [6.45, 7) is 9.51. The lowest BCUT2D eigenvalue weighted by atomic mass is 9.94. The van der Waals surface area contributed by atoms with Crippen molar-refractivity contribution in [2.24, 2.45) is 11.8 Å². The number of amides is 2. The van der Waals surface area contributed by atoms with Gasteiger partial charge in [0.2, 0.25) is 0 Å². The van der Waals surface area contributed by atoms with E-state index in [-0.39, 0.29) is 23.9 Å². The molecule has 0 spiro atoms. The number of carboxylic acid groups (broad SMARTS) is 1. The van der Waals surface area contributed by atoms with E-state index in [4.69, 9.17) is 5.11 Å². The van der Waals surface area contributed by atoms with E-state index in [0.717, 1.165) is 25.8 Å². The first-order valence-corrected chi connectivity index (χ1v) is 7.49. The first-order valence-electron chi connectivity index (χ1n) is 7.49. The number of hydrogen-bond donors (Lipinski definition) is 2. The van der Waals surface area contributed by atoms with Gasteiger partial charge in [-0.15, -0.1) is 0 Å². The van der Waals surface area contributed by atoms with Crippen LogP contribution in [0.25, 0.3) is 0 Å². The van der Waals surface area contributed by atoms with E-state index >= 15 is 0 Å². The van der Waals surface area contributed by atoms with Crippen LogP contribution in [-0.4, -0.2) is 40.6 Å². The van der Waals surface area contributed by atoms with Crippen molar-refractivity contribution in [3.63, 3.8) is 0 Å². The molecule has 0 aliphatic carbocycles. The van der Waals surface area contributed by atoms with E-state index in [1.807, 2.05) is 4.90 Å². The van der Waals surface area contributed by atoms with Crippen molar-refractivity contribution in [1.29, 1.82) is 0 Å². The molecule has 2 N–H and O–H groups in total. The van der Waals surface area contributed by atoms with Crippen LogP contribution < -0.4 is 5.32 Å². The van der Waals surface area contributed by atoms with Gasteiger partial charge in [-0.3, -0.25) is 4.79 Å². The molecular formula is C15H28N2O3. The lowest BCUT2D eigenvalue weighted by Gasteiger charge is -2.32. The van der Waals surface area contributed by atoms with E-state index in [0.29, 0.717) is 12.5 Å². The minimum absolute atomic E-state index is 0.00200. The summed E-state index contributed by atoms with van der Waals surface area (Å²) in [5.74, 6) is -0.368. The van der Waals surface area contributed by atoms with Gasteiger partial charge in [0.15, 0.2) is 0 Å². The van der Waals surface area contributed by atoms with Crippen molar-refractivity contribution in [2.75, 3.05) is 13.1 Å². The SMILES string of the molecule is CC(C)CC(CNC(=O)N1CCCC1(C)C)CC(=O)O. The van der Waals surface area contributed by atoms with E-state index in [9.17, 15) is 9.59 Å². The number of nitrogens with one attached hydrogen (secondary N) is 1. The Hall–Kier alpha value is -1.26. The normalized spacial score (nSPS) is 19.1. The molecule has 5 nitrogen and oxygen atoms in total. The molecule has 1 aliphatic rings. The zero-order valence-corrected chi connectivity index (χ0v) is 13.1. The quantitative estimate of drug-likeness (QED) is 0.788. The van der Waals surface area contributed by atoms with Crippen LogP contribution in [0, 0.1) is 11.8 Å². The Morgan fingerprint density at radius 3 is 2.45 bits per heavy atom. The average Bonchev–Trinajstić information content (AvgIpc) is 2.64. The van der Waals surface area contributed by atoms with Crippen LogP contribution >= 0.6 is 0 Å². The number of hydrogen-bond acceptors (Lipinski definition) is 2. The van der Waals surface area contributed by atoms with Crippen LogP contribution in [0.5, 0.6) is 0 Å². The van der Waals surface area contributed by atoms with Gasteiger partial charge in [0.05, 0.1) is 0 Å². The summed E-state index contributed by atoms with van der Waals surface area (Å²) >= 11 is 0. The molecule has 1 rings (SSSR count). The summed E-state index contributed by atoms with van der Waals surface area (Å²) in [4.78, 5) is 24.9. The van der Waals surface area contributed by atoms with Gasteiger partial charge >= 0.3 is 12.0 Å². The second kappa shape index (κ2) is 6.95. The van der Waals surface area contributed by atoms with Gasteiger partial charge in [-0.05, 0) is 44.9 Å². The topological polar surface area (TPSA) is 69.6 Å². The Bertz CT molecular complexity index is 353. The second-order valence-corrected chi connectivity index (χ2v) is 6.85. The van der Waals surface area contributed by atoms with Crippen molar-refractivity contribution in [2.45, 2.75) is 58.9 Å². The fraction of sp³-hybridized carbons (Fsp3) is 0.867. The summed E-state index contributed by atoms with van der Waals surface area (Å²) < 4.78 is 0. The molecule has 1 atom stereocenters. The van der Waals surface area contributed by atoms with Crippen LogP contribution in [-0.2, 0) is 4.79 Å². The third-order valence-electron chi connectivity index (χ3n) is 3.96. The fourth-order valence-corrected chi connectivity index (χ4v) is 2.96. The molecule has 1 fully saturated rings. The van der Waals surface area contributed by atoms with E-state index in [2.05, 4.69) is 33.0 Å². The molecule has 0 aromatic carbocycles. The smallest absolute Gasteiger partial charge is 0.317 e. The number of carbonyl (C=O) groups is 2. The predicted octanol–water partition coefficient (Wildman–Crippen LogP) is 2.71. The molecule has 116 valence electrons. The minimum atomic E-state index is -0.800. The average molecular weight is 284 g/mol. The van der Waals surface area contributed by atoms with Gasteiger partial charge in [-0.1, -0.05) is 13.8 Å². The molecule has 1 heterocycles. The number of nitrogens with zero attached hydrogens (tertiary/aromatic N) is 1. The van der Waals surface area contributed by atoms with Gasteiger partial charge in [-0.25, -0.2) is 4.79 Å². The molecule has 2 amide bonds.